The number of anilines is 1. The molecule has 0 aliphatic rings. The van der Waals surface area contributed by atoms with Gasteiger partial charge < -0.3 is 19.2 Å². The number of methoxy groups -OCH3 is 2. The largest absolute Gasteiger partial charge is 0.497 e. The minimum absolute atomic E-state index is 0.300. The van der Waals surface area contributed by atoms with Gasteiger partial charge in [0.05, 0.1) is 31.0 Å². The number of hydrogen-bond acceptors (Lipinski definition) is 8. The fourth-order valence-electron chi connectivity index (χ4n) is 4.11. The molecule has 34 heavy (non-hydrogen) atoms. The third kappa shape index (κ3) is 3.51. The van der Waals surface area contributed by atoms with Crippen LogP contribution in [0.25, 0.3) is 39.7 Å². The van der Waals surface area contributed by atoms with Crippen LogP contribution in [-0.4, -0.2) is 45.8 Å². The molecule has 0 atom stereocenters. The highest BCUT2D eigenvalue weighted by molar-refractivity contribution is 5.93. The number of rotatable bonds is 6. The highest BCUT2D eigenvalue weighted by Crippen LogP contribution is 2.45. The lowest BCUT2D eigenvalue weighted by atomic mass is 9.96. The number of nitrogens with zero attached hydrogens (tertiary/aromatic N) is 5. The van der Waals surface area contributed by atoms with Crippen molar-refractivity contribution in [2.24, 2.45) is 0 Å². The minimum atomic E-state index is 0.300. The predicted octanol–water partition coefficient (Wildman–Crippen LogP) is 4.79. The highest BCUT2D eigenvalue weighted by atomic mass is 16.5. The molecule has 9 heteroatoms. The predicted molar refractivity (Wildman–Crippen MR) is 129 cm³/mol. The molecule has 3 aromatic heterocycles. The van der Waals surface area contributed by atoms with E-state index in [2.05, 4.69) is 52.5 Å². The first-order valence-corrected chi connectivity index (χ1v) is 10.7. The van der Waals surface area contributed by atoms with Gasteiger partial charge in [0, 0.05) is 31.1 Å². The number of nitrogens with one attached hydrogen (secondary N) is 1. The normalized spacial score (nSPS) is 11.1. The zero-order valence-corrected chi connectivity index (χ0v) is 19.6. The van der Waals surface area contributed by atoms with E-state index in [0.29, 0.717) is 46.0 Å². The fraction of sp³-hybridized carbons (Fsp3) is 0.200. The average molecular weight is 457 g/mol. The first kappa shape index (κ1) is 21.4. The van der Waals surface area contributed by atoms with Crippen LogP contribution in [0.2, 0.25) is 0 Å². The van der Waals surface area contributed by atoms with Crippen molar-refractivity contribution in [3.8, 4) is 45.5 Å². The number of aromatic nitrogens is 5. The van der Waals surface area contributed by atoms with Crippen LogP contribution in [-0.2, 0) is 0 Å². The maximum absolute atomic E-state index is 5.84. The van der Waals surface area contributed by atoms with Gasteiger partial charge in [-0.05, 0) is 31.5 Å². The lowest BCUT2D eigenvalue weighted by Gasteiger charge is -2.15. The van der Waals surface area contributed by atoms with Gasteiger partial charge in [-0.2, -0.15) is 0 Å². The number of imidazole rings is 1. The molecule has 1 N–H and O–H groups in total. The van der Waals surface area contributed by atoms with Crippen LogP contribution in [0.4, 0.5) is 6.01 Å². The molecule has 0 bridgehead atoms. The smallest absolute Gasteiger partial charge is 0.315 e. The van der Waals surface area contributed by atoms with Crippen LogP contribution >= 0.6 is 0 Å². The van der Waals surface area contributed by atoms with E-state index in [-0.39, 0.29) is 0 Å². The van der Waals surface area contributed by atoms with Crippen LogP contribution in [0.3, 0.4) is 0 Å². The molecule has 9 nitrogen and oxygen atoms in total. The van der Waals surface area contributed by atoms with Crippen LogP contribution in [0.5, 0.6) is 11.5 Å². The summed E-state index contributed by atoms with van der Waals surface area (Å²) in [6, 6.07) is 12.2. The number of benzene rings is 2. The molecule has 0 saturated carbocycles. The van der Waals surface area contributed by atoms with Gasteiger partial charge in [0.2, 0.25) is 5.78 Å². The van der Waals surface area contributed by atoms with Crippen molar-refractivity contribution in [3.05, 3.63) is 59.9 Å². The molecule has 0 fully saturated rings. The van der Waals surface area contributed by atoms with E-state index < -0.39 is 0 Å². The van der Waals surface area contributed by atoms with Gasteiger partial charge in [-0.25, -0.2) is 9.97 Å². The summed E-state index contributed by atoms with van der Waals surface area (Å²) in [7, 11) is 4.93. The Labute approximate surface area is 196 Å². The van der Waals surface area contributed by atoms with Crippen LogP contribution < -0.4 is 14.8 Å². The molecule has 0 aliphatic carbocycles. The van der Waals surface area contributed by atoms with Gasteiger partial charge in [0.1, 0.15) is 17.2 Å². The summed E-state index contributed by atoms with van der Waals surface area (Å²) in [6.45, 7) is 4.17. The Hall–Kier alpha value is -4.40. The molecule has 3 heterocycles. The van der Waals surface area contributed by atoms with Crippen LogP contribution in [0, 0.1) is 13.8 Å². The molecule has 0 saturated heterocycles. The standard InChI is InChI=1S/C25H24N6O3/c1-14-7-8-17(15(2)11-14)22-21(28-24-27-9-6-10-31(22)24)20-18(23-29-30-25(26-3)34-23)12-16(32-4)13-19(20)33-5/h6-13H,1-5H3,(H,26,30). The molecule has 0 amide bonds. The summed E-state index contributed by atoms with van der Waals surface area (Å²) in [4.78, 5) is 9.42. The Morgan fingerprint density at radius 1 is 1.00 bits per heavy atom. The molecule has 2 aromatic carbocycles. The summed E-state index contributed by atoms with van der Waals surface area (Å²) in [5, 5.41) is 11.2. The first-order valence-electron chi connectivity index (χ1n) is 10.7. The van der Waals surface area contributed by atoms with E-state index >= 15 is 0 Å². The molecule has 0 spiro atoms. The Balaban J connectivity index is 1.89. The van der Waals surface area contributed by atoms with E-state index in [1.165, 1.54) is 5.56 Å². The van der Waals surface area contributed by atoms with E-state index in [1.54, 1.807) is 27.5 Å². The quantitative estimate of drug-likeness (QED) is 0.389. The average Bonchev–Trinajstić information content (AvgIpc) is 3.48. The number of fused-ring (bicyclic) bond motifs is 1. The summed E-state index contributed by atoms with van der Waals surface area (Å²) in [5.74, 6) is 2.04. The third-order valence-corrected chi connectivity index (χ3v) is 5.68. The minimum Gasteiger partial charge on any atom is -0.497 e. The fourth-order valence-corrected chi connectivity index (χ4v) is 4.11. The van der Waals surface area contributed by atoms with E-state index in [1.807, 2.05) is 28.8 Å². The van der Waals surface area contributed by atoms with Gasteiger partial charge in [-0.1, -0.05) is 28.9 Å². The second-order valence-electron chi connectivity index (χ2n) is 7.83. The lowest BCUT2D eigenvalue weighted by molar-refractivity contribution is 0.395. The van der Waals surface area contributed by atoms with Gasteiger partial charge in [-0.3, -0.25) is 4.40 Å². The van der Waals surface area contributed by atoms with E-state index in [0.717, 1.165) is 16.8 Å². The molecule has 0 radical (unpaired) electrons. The van der Waals surface area contributed by atoms with Crippen molar-refractivity contribution in [3.63, 3.8) is 0 Å². The van der Waals surface area contributed by atoms with Crippen molar-refractivity contribution >= 4 is 11.8 Å². The number of aryl methyl sites for hydroxylation is 2. The zero-order valence-electron chi connectivity index (χ0n) is 19.6. The van der Waals surface area contributed by atoms with Crippen molar-refractivity contribution in [2.75, 3.05) is 26.6 Å². The summed E-state index contributed by atoms with van der Waals surface area (Å²) in [5.41, 5.74) is 6.25. The van der Waals surface area contributed by atoms with Gasteiger partial charge in [-0.15, -0.1) is 5.10 Å². The van der Waals surface area contributed by atoms with Gasteiger partial charge >= 0.3 is 6.01 Å². The topological polar surface area (TPSA) is 99.6 Å². The Morgan fingerprint density at radius 2 is 1.85 bits per heavy atom. The van der Waals surface area contributed by atoms with Crippen LogP contribution in [0.15, 0.2) is 53.2 Å². The maximum Gasteiger partial charge on any atom is 0.315 e. The van der Waals surface area contributed by atoms with Crippen LogP contribution in [0.1, 0.15) is 11.1 Å². The number of ether oxygens (including phenoxy) is 2. The summed E-state index contributed by atoms with van der Waals surface area (Å²) in [6.07, 6.45) is 3.68. The van der Waals surface area contributed by atoms with Gasteiger partial charge in [0.25, 0.3) is 5.89 Å². The van der Waals surface area contributed by atoms with Crippen molar-refractivity contribution in [1.29, 1.82) is 0 Å². The zero-order chi connectivity index (χ0) is 23.8. The first-order chi connectivity index (χ1) is 16.5. The van der Waals surface area contributed by atoms with Crippen molar-refractivity contribution < 1.29 is 13.9 Å². The molecule has 5 rings (SSSR count). The number of hydrogen-bond donors (Lipinski definition) is 1. The maximum atomic E-state index is 5.84. The molecule has 0 aliphatic heterocycles. The molecular weight excluding hydrogens is 432 g/mol. The molecule has 5 aromatic rings. The van der Waals surface area contributed by atoms with Gasteiger partial charge in [0.15, 0.2) is 0 Å². The second kappa shape index (κ2) is 8.51. The molecule has 0 unspecified atom stereocenters. The van der Waals surface area contributed by atoms with Crippen molar-refractivity contribution in [1.82, 2.24) is 24.6 Å². The van der Waals surface area contributed by atoms with E-state index in [9.17, 15) is 0 Å². The molecule has 172 valence electrons. The highest BCUT2D eigenvalue weighted by Gasteiger charge is 2.27. The third-order valence-electron chi connectivity index (χ3n) is 5.68. The van der Waals surface area contributed by atoms with Crippen molar-refractivity contribution in [2.45, 2.75) is 13.8 Å². The summed E-state index contributed by atoms with van der Waals surface area (Å²) < 4.78 is 19.2. The Kier molecular flexibility index (Phi) is 5.37. The Bertz CT molecular complexity index is 1500. The Morgan fingerprint density at radius 3 is 2.56 bits per heavy atom. The van der Waals surface area contributed by atoms with E-state index in [4.69, 9.17) is 18.9 Å². The lowest BCUT2D eigenvalue weighted by Crippen LogP contribution is -1.98. The monoisotopic (exact) mass is 456 g/mol. The second-order valence-corrected chi connectivity index (χ2v) is 7.83. The summed E-state index contributed by atoms with van der Waals surface area (Å²) >= 11 is 0. The molecular formula is C25H24N6O3. The SMILES string of the molecule is CNc1nnc(-c2cc(OC)cc(OC)c2-c2nc3ncccn3c2-c2ccc(C)cc2C)o1.